The monoisotopic (exact) mass is 498 g/mol. The largest absolute Gasteiger partial charge is 0.506 e. The Bertz CT molecular complexity index is 1270. The van der Waals surface area contributed by atoms with Crippen LogP contribution in [-0.4, -0.2) is 40.9 Å². The number of amides is 1. The van der Waals surface area contributed by atoms with Crippen LogP contribution in [0.2, 0.25) is 10.0 Å². The van der Waals surface area contributed by atoms with Crippen molar-refractivity contribution in [2.45, 2.75) is 12.6 Å². The summed E-state index contributed by atoms with van der Waals surface area (Å²) in [6.45, 7) is 0.0865. The summed E-state index contributed by atoms with van der Waals surface area (Å²) >= 11 is 12.4. The highest BCUT2D eigenvalue weighted by atomic mass is 35.5. The van der Waals surface area contributed by atoms with E-state index in [0.717, 1.165) is 0 Å². The predicted octanol–water partition coefficient (Wildman–Crippen LogP) is 5.03. The first kappa shape index (κ1) is 23.6. The lowest BCUT2D eigenvalue weighted by Crippen LogP contribution is -2.29. The molecule has 0 aliphatic carbocycles. The molecule has 174 valence electrons. The molecule has 2 aromatic carbocycles. The van der Waals surface area contributed by atoms with Crippen molar-refractivity contribution in [1.29, 1.82) is 0 Å². The highest BCUT2D eigenvalue weighted by Crippen LogP contribution is 2.44. The van der Waals surface area contributed by atoms with Crippen molar-refractivity contribution in [3.63, 3.8) is 0 Å². The number of rotatable bonds is 6. The molecule has 0 radical (unpaired) electrons. The number of carbonyl (C=O) groups is 2. The molecule has 2 heterocycles. The molecule has 4 rings (SSSR count). The molecule has 1 N–H and O–H groups in total. The highest BCUT2D eigenvalue weighted by molar-refractivity contribution is 6.47. The summed E-state index contributed by atoms with van der Waals surface area (Å²) in [5, 5.41) is 12.0. The number of aromatic nitrogens is 1. The molecule has 1 saturated heterocycles. The molecule has 1 fully saturated rings. The first-order valence-electron chi connectivity index (χ1n) is 10.2. The van der Waals surface area contributed by atoms with Gasteiger partial charge in [0.2, 0.25) is 0 Å². The van der Waals surface area contributed by atoms with Crippen LogP contribution in [0.15, 0.2) is 66.5 Å². The van der Waals surface area contributed by atoms with Crippen LogP contribution in [0.25, 0.3) is 5.76 Å². The summed E-state index contributed by atoms with van der Waals surface area (Å²) < 4.78 is 10.8. The van der Waals surface area contributed by atoms with Crippen LogP contribution in [0.1, 0.15) is 22.7 Å². The van der Waals surface area contributed by atoms with Crippen molar-refractivity contribution in [3.8, 4) is 11.5 Å². The van der Waals surface area contributed by atoms with Crippen LogP contribution < -0.4 is 9.47 Å². The van der Waals surface area contributed by atoms with E-state index in [1.165, 1.54) is 19.1 Å². The maximum absolute atomic E-state index is 13.3. The van der Waals surface area contributed by atoms with Gasteiger partial charge in [-0.05, 0) is 41.5 Å². The number of ether oxygens (including phenoxy) is 2. The van der Waals surface area contributed by atoms with Gasteiger partial charge in [0, 0.05) is 18.9 Å². The second-order valence-corrected chi connectivity index (χ2v) is 8.31. The predicted molar refractivity (Wildman–Crippen MR) is 128 cm³/mol. The zero-order valence-corrected chi connectivity index (χ0v) is 19.8. The van der Waals surface area contributed by atoms with E-state index >= 15 is 0 Å². The number of likely N-dealkylation sites (tertiary alicyclic amines) is 1. The molecule has 9 heteroatoms. The minimum Gasteiger partial charge on any atom is -0.506 e. The van der Waals surface area contributed by atoms with Crippen LogP contribution in [-0.2, 0) is 16.1 Å². The fourth-order valence-corrected chi connectivity index (χ4v) is 4.29. The molecule has 1 aromatic heterocycles. The molecule has 1 aliphatic rings. The molecule has 34 heavy (non-hydrogen) atoms. The number of nitrogens with zero attached hydrogens (tertiary/aromatic N) is 2. The summed E-state index contributed by atoms with van der Waals surface area (Å²) in [5.41, 5.74) is 1.27. The number of hydrogen-bond donors (Lipinski definition) is 1. The molecule has 1 amide bonds. The Morgan fingerprint density at radius 3 is 2.32 bits per heavy atom. The van der Waals surface area contributed by atoms with E-state index in [1.807, 2.05) is 0 Å². The van der Waals surface area contributed by atoms with Crippen molar-refractivity contribution in [3.05, 3.63) is 93.2 Å². The van der Waals surface area contributed by atoms with Gasteiger partial charge in [-0.15, -0.1) is 0 Å². The first-order valence-corrected chi connectivity index (χ1v) is 11.0. The number of benzene rings is 2. The fraction of sp³-hybridized carbons (Fsp3) is 0.160. The number of hydrogen-bond acceptors (Lipinski definition) is 6. The van der Waals surface area contributed by atoms with Crippen LogP contribution in [0.4, 0.5) is 0 Å². The van der Waals surface area contributed by atoms with Gasteiger partial charge in [-0.1, -0.05) is 41.4 Å². The average Bonchev–Trinajstić information content (AvgIpc) is 3.10. The molecular weight excluding hydrogens is 479 g/mol. The van der Waals surface area contributed by atoms with Gasteiger partial charge in [0.25, 0.3) is 11.7 Å². The number of halogens is 2. The van der Waals surface area contributed by atoms with Gasteiger partial charge in [0.1, 0.15) is 22.8 Å². The van der Waals surface area contributed by atoms with Crippen molar-refractivity contribution in [2.75, 3.05) is 14.2 Å². The minimum atomic E-state index is -0.940. The van der Waals surface area contributed by atoms with Gasteiger partial charge in [0.15, 0.2) is 0 Å². The first-order chi connectivity index (χ1) is 16.4. The SMILES string of the molecule is COc1cccc(OC)c1/C(O)=C1\C(=O)C(=O)N(Cc2cccnc2)C1c1ccc(Cl)c(Cl)c1. The van der Waals surface area contributed by atoms with Gasteiger partial charge >= 0.3 is 0 Å². The van der Waals surface area contributed by atoms with Gasteiger partial charge in [-0.3, -0.25) is 14.6 Å². The van der Waals surface area contributed by atoms with Crippen molar-refractivity contribution < 1.29 is 24.2 Å². The summed E-state index contributed by atoms with van der Waals surface area (Å²) in [6, 6.07) is 12.3. The summed E-state index contributed by atoms with van der Waals surface area (Å²) in [7, 11) is 2.87. The Morgan fingerprint density at radius 1 is 1.03 bits per heavy atom. The summed E-state index contributed by atoms with van der Waals surface area (Å²) in [6.07, 6.45) is 3.22. The lowest BCUT2D eigenvalue weighted by Gasteiger charge is -2.26. The van der Waals surface area contributed by atoms with Crippen molar-refractivity contribution >= 4 is 40.7 Å². The second kappa shape index (κ2) is 9.75. The quantitative estimate of drug-likeness (QED) is 0.291. The molecule has 3 aromatic rings. The topological polar surface area (TPSA) is 89.0 Å². The Morgan fingerprint density at radius 2 is 1.74 bits per heavy atom. The molecule has 7 nitrogen and oxygen atoms in total. The number of pyridine rings is 1. The molecule has 1 aliphatic heterocycles. The summed E-state index contributed by atoms with van der Waals surface area (Å²) in [4.78, 5) is 31.9. The van der Waals surface area contributed by atoms with Crippen LogP contribution in [0.3, 0.4) is 0 Å². The molecular formula is C25H20Cl2N2O5. The third-order valence-electron chi connectivity index (χ3n) is 5.54. The minimum absolute atomic E-state index is 0.0865. The number of aliphatic hydroxyl groups is 1. The molecule has 1 atom stereocenters. The summed E-state index contributed by atoms with van der Waals surface area (Å²) in [5.74, 6) is -1.47. The maximum Gasteiger partial charge on any atom is 0.295 e. The van der Waals surface area contributed by atoms with Crippen LogP contribution >= 0.6 is 23.2 Å². The number of aliphatic hydroxyl groups excluding tert-OH is 1. The van der Waals surface area contributed by atoms with Gasteiger partial charge < -0.3 is 19.5 Å². The van der Waals surface area contributed by atoms with Crippen molar-refractivity contribution in [2.24, 2.45) is 0 Å². The fourth-order valence-electron chi connectivity index (χ4n) is 3.98. The third kappa shape index (κ3) is 4.20. The van der Waals surface area contributed by atoms with Gasteiger partial charge in [-0.2, -0.15) is 0 Å². The van der Waals surface area contributed by atoms with E-state index in [9.17, 15) is 14.7 Å². The van der Waals surface area contributed by atoms with E-state index < -0.39 is 23.5 Å². The standard InChI is InChI=1S/C25H20Cl2N2O5/c1-33-18-6-3-7-19(34-2)20(18)23(30)21-22(15-8-9-16(26)17(27)11-15)29(25(32)24(21)31)13-14-5-4-10-28-12-14/h3-12,22,30H,13H2,1-2H3/b23-21+. The second-order valence-electron chi connectivity index (χ2n) is 7.50. The molecule has 0 saturated carbocycles. The lowest BCUT2D eigenvalue weighted by molar-refractivity contribution is -0.140. The molecule has 0 bridgehead atoms. The van der Waals surface area contributed by atoms with E-state index in [1.54, 1.807) is 60.9 Å². The Balaban J connectivity index is 1.96. The number of carbonyl (C=O) groups excluding carboxylic acids is 2. The zero-order valence-electron chi connectivity index (χ0n) is 18.3. The average molecular weight is 499 g/mol. The van der Waals surface area contributed by atoms with Gasteiger partial charge in [-0.25, -0.2) is 0 Å². The number of ketones is 1. The normalized spacial score (nSPS) is 17.2. The van der Waals surface area contributed by atoms with E-state index in [-0.39, 0.29) is 34.2 Å². The molecule has 0 spiro atoms. The maximum atomic E-state index is 13.3. The van der Waals surface area contributed by atoms with Crippen molar-refractivity contribution in [1.82, 2.24) is 9.88 Å². The highest BCUT2D eigenvalue weighted by Gasteiger charge is 2.46. The smallest absolute Gasteiger partial charge is 0.295 e. The van der Waals surface area contributed by atoms with E-state index in [4.69, 9.17) is 32.7 Å². The van der Waals surface area contributed by atoms with Crippen LogP contribution in [0, 0.1) is 0 Å². The van der Waals surface area contributed by atoms with Gasteiger partial charge in [0.05, 0.1) is 35.9 Å². The number of methoxy groups -OCH3 is 2. The lowest BCUT2D eigenvalue weighted by atomic mass is 9.94. The molecule has 1 unspecified atom stereocenters. The Kier molecular flexibility index (Phi) is 6.77. The third-order valence-corrected chi connectivity index (χ3v) is 6.28. The van der Waals surface area contributed by atoms with E-state index in [2.05, 4.69) is 4.98 Å². The van der Waals surface area contributed by atoms with E-state index in [0.29, 0.717) is 16.1 Å². The number of Topliss-reactive ketones (excluding diaryl/α,β-unsaturated/α-hetero) is 1. The van der Waals surface area contributed by atoms with Crippen LogP contribution in [0.5, 0.6) is 11.5 Å². The zero-order chi connectivity index (χ0) is 24.4. The Hall–Kier alpha value is -3.55. The Labute approximate surface area is 206 Å².